The Bertz CT molecular complexity index is 6.85. The molecule has 4 heteroatoms. The first kappa shape index (κ1) is 62.9. The molecule has 4 N–H and O–H groups in total. The predicted octanol–water partition coefficient (Wildman–Crippen LogP) is -1.84. The predicted molar refractivity (Wildman–Crippen MR) is 14.3 cm³/mol. The van der Waals surface area contributed by atoms with Gasteiger partial charge < -0.3 is 15.7 Å². The van der Waals surface area contributed by atoms with E-state index < -0.39 is 0 Å². The topological polar surface area (TPSA) is 80.1 Å². The zero-order valence-corrected chi connectivity index (χ0v) is 4.21. The Hall–Kier alpha value is 0.213. The maximum atomic E-state index is 8.00. The van der Waals surface area contributed by atoms with Crippen LogP contribution in [0.2, 0.25) is 0 Å². The van der Waals surface area contributed by atoms with E-state index >= 15 is 0 Å². The number of hydrogen-bond donors (Lipinski definition) is 0. The Balaban J connectivity index is -0.00000000167. The van der Waals surface area contributed by atoms with Gasteiger partial charge in [0.15, 0.2) is 0 Å². The van der Waals surface area contributed by atoms with Crippen molar-refractivity contribution in [2.45, 2.75) is 0 Å². The van der Waals surface area contributed by atoms with Crippen LogP contribution in [0, 0.1) is 0 Å². The summed E-state index contributed by atoms with van der Waals surface area (Å²) in [7, 11) is 0. The molecule has 0 aliphatic carbocycles. The van der Waals surface area contributed by atoms with Gasteiger partial charge >= 0.3 is 0 Å². The van der Waals surface area contributed by atoms with Gasteiger partial charge in [0.2, 0.25) is 0 Å². The first-order valence-corrected chi connectivity index (χ1v) is 0.289. The van der Waals surface area contributed by atoms with Crippen LogP contribution in [0.1, 0.15) is 0 Å². The summed E-state index contributed by atoms with van der Waals surface area (Å²) < 4.78 is 0. The molecular formula is CH6O3Ru. The molecule has 0 saturated carbocycles. The molecule has 0 aromatic heterocycles. The van der Waals surface area contributed by atoms with E-state index in [9.17, 15) is 0 Å². The van der Waals surface area contributed by atoms with Gasteiger partial charge in [-0.3, -0.25) is 0 Å². The molecule has 36 valence electrons. The summed E-state index contributed by atoms with van der Waals surface area (Å²) in [6, 6.07) is 0. The average Bonchev–Trinajstić information content (AvgIpc) is 1.00. The molecule has 3 nitrogen and oxygen atoms in total. The second-order valence-corrected chi connectivity index (χ2v) is 0. The Kier molecular flexibility index (Phi) is 12000. The molecule has 0 rings (SSSR count). The quantitative estimate of drug-likeness (QED) is 0.390. The fourth-order valence-electron chi connectivity index (χ4n) is 0. The number of carbonyl (C=O) groups is 1. The first-order chi connectivity index (χ1) is 1.00. The third kappa shape index (κ3) is 453. The molecule has 0 aliphatic heterocycles. The van der Waals surface area contributed by atoms with Gasteiger partial charge in [-0.2, -0.15) is 0 Å². The SMILES string of the molecule is C=O.O.O.[Ru]. The summed E-state index contributed by atoms with van der Waals surface area (Å²) in [4.78, 5) is 8.00. The third-order valence-electron chi connectivity index (χ3n) is 0. The van der Waals surface area contributed by atoms with Gasteiger partial charge in [0, 0.05) is 19.5 Å². The fraction of sp³-hybridized carbons (Fsp3) is 0. The second kappa shape index (κ2) is 956. The maximum absolute atomic E-state index is 8.00. The Morgan fingerprint density at radius 1 is 1.00 bits per heavy atom. The van der Waals surface area contributed by atoms with Gasteiger partial charge in [-0.15, -0.1) is 0 Å². The molecule has 0 aromatic rings. The summed E-state index contributed by atoms with van der Waals surface area (Å²) in [5.74, 6) is 0. The van der Waals surface area contributed by atoms with Crippen LogP contribution in [0.5, 0.6) is 0 Å². The normalized spacial score (nSPS) is 0.800. The first-order valence-electron chi connectivity index (χ1n) is 0.289. The maximum Gasteiger partial charge on any atom is 0.106 e. The van der Waals surface area contributed by atoms with Crippen LogP contribution < -0.4 is 0 Å². The minimum absolute atomic E-state index is 0. The van der Waals surface area contributed by atoms with Crippen molar-refractivity contribution in [3.63, 3.8) is 0 Å². The molecule has 0 spiro atoms. The minimum atomic E-state index is 0. The van der Waals surface area contributed by atoms with E-state index in [0.29, 0.717) is 0 Å². The van der Waals surface area contributed by atoms with Crippen molar-refractivity contribution in [2.24, 2.45) is 0 Å². The van der Waals surface area contributed by atoms with E-state index in [-0.39, 0.29) is 30.4 Å². The van der Waals surface area contributed by atoms with Gasteiger partial charge in [0.25, 0.3) is 0 Å². The van der Waals surface area contributed by atoms with E-state index in [4.69, 9.17) is 4.79 Å². The third-order valence-corrected chi connectivity index (χ3v) is 0. The number of carbonyl (C=O) groups excluding carboxylic acids is 1. The van der Waals surface area contributed by atoms with Crippen molar-refractivity contribution in [3.05, 3.63) is 0 Å². The molecule has 0 aliphatic rings. The Morgan fingerprint density at radius 3 is 1.00 bits per heavy atom. The molecule has 0 amide bonds. The summed E-state index contributed by atoms with van der Waals surface area (Å²) in [6.45, 7) is 2.00. The number of hydrogen-bond acceptors (Lipinski definition) is 1. The minimum Gasteiger partial charge on any atom is -0.412 e. The molecular weight excluding hydrogens is 161 g/mol. The monoisotopic (exact) mass is 168 g/mol. The van der Waals surface area contributed by atoms with Crippen molar-refractivity contribution in [3.8, 4) is 0 Å². The Labute approximate surface area is 42.7 Å². The van der Waals surface area contributed by atoms with Crippen molar-refractivity contribution < 1.29 is 35.2 Å². The van der Waals surface area contributed by atoms with E-state index in [2.05, 4.69) is 0 Å². The van der Waals surface area contributed by atoms with Crippen LogP contribution in [-0.2, 0) is 24.3 Å². The van der Waals surface area contributed by atoms with E-state index in [1.165, 1.54) is 0 Å². The molecule has 0 atom stereocenters. The standard InChI is InChI=1S/CH2O.2H2O.Ru/c1-2;;;/h1H2;2*1H2;. The molecule has 5 heavy (non-hydrogen) atoms. The van der Waals surface area contributed by atoms with Crippen LogP contribution in [0.15, 0.2) is 0 Å². The molecule has 0 radical (unpaired) electrons. The molecule has 0 bridgehead atoms. The van der Waals surface area contributed by atoms with Crippen molar-refractivity contribution in [2.75, 3.05) is 0 Å². The molecule has 0 heterocycles. The molecule has 0 saturated heterocycles. The molecule has 0 unspecified atom stereocenters. The molecule has 0 aromatic carbocycles. The van der Waals surface area contributed by atoms with Gasteiger partial charge in [0.05, 0.1) is 0 Å². The van der Waals surface area contributed by atoms with E-state index in [1.807, 2.05) is 6.79 Å². The van der Waals surface area contributed by atoms with Gasteiger partial charge in [-0.05, 0) is 0 Å². The summed E-state index contributed by atoms with van der Waals surface area (Å²) in [5, 5.41) is 0. The van der Waals surface area contributed by atoms with Crippen LogP contribution in [0.3, 0.4) is 0 Å². The van der Waals surface area contributed by atoms with Gasteiger partial charge in [-0.25, -0.2) is 0 Å². The van der Waals surface area contributed by atoms with Crippen molar-refractivity contribution in [1.82, 2.24) is 0 Å². The summed E-state index contributed by atoms with van der Waals surface area (Å²) in [5.41, 5.74) is 0. The second-order valence-electron chi connectivity index (χ2n) is 0. The van der Waals surface area contributed by atoms with Crippen LogP contribution in [0.25, 0.3) is 0 Å². The van der Waals surface area contributed by atoms with Crippen LogP contribution in [-0.4, -0.2) is 17.7 Å². The fourth-order valence-corrected chi connectivity index (χ4v) is 0. The van der Waals surface area contributed by atoms with Crippen LogP contribution >= 0.6 is 0 Å². The van der Waals surface area contributed by atoms with Crippen molar-refractivity contribution in [1.29, 1.82) is 0 Å². The Morgan fingerprint density at radius 2 is 1.00 bits per heavy atom. The smallest absolute Gasteiger partial charge is 0.106 e. The van der Waals surface area contributed by atoms with E-state index in [0.717, 1.165) is 0 Å². The van der Waals surface area contributed by atoms with Gasteiger partial charge in [0.1, 0.15) is 6.79 Å². The summed E-state index contributed by atoms with van der Waals surface area (Å²) in [6.07, 6.45) is 0. The van der Waals surface area contributed by atoms with E-state index in [1.54, 1.807) is 0 Å². The summed E-state index contributed by atoms with van der Waals surface area (Å²) >= 11 is 0. The molecule has 0 fully saturated rings. The van der Waals surface area contributed by atoms with Crippen molar-refractivity contribution >= 4 is 6.79 Å². The average molecular weight is 167 g/mol. The zero-order chi connectivity index (χ0) is 2.00. The largest absolute Gasteiger partial charge is 0.412 e. The van der Waals surface area contributed by atoms with Gasteiger partial charge in [-0.1, -0.05) is 0 Å². The van der Waals surface area contributed by atoms with Crippen LogP contribution in [0.4, 0.5) is 0 Å². The number of rotatable bonds is 0. The zero-order valence-electron chi connectivity index (χ0n) is 2.47.